The summed E-state index contributed by atoms with van der Waals surface area (Å²) in [5, 5.41) is 4.56. The Kier molecular flexibility index (Phi) is 4.50. The second kappa shape index (κ2) is 7.09. The summed E-state index contributed by atoms with van der Waals surface area (Å²) in [6, 6.07) is 9.32. The third kappa shape index (κ3) is 3.11. The van der Waals surface area contributed by atoms with Crippen LogP contribution in [0, 0.1) is 0 Å². The van der Waals surface area contributed by atoms with Crippen LogP contribution in [0.2, 0.25) is 0 Å². The Morgan fingerprint density at radius 2 is 2.08 bits per heavy atom. The fourth-order valence-corrected chi connectivity index (χ4v) is 3.03. The molecule has 1 aromatic carbocycles. The van der Waals surface area contributed by atoms with Crippen molar-refractivity contribution in [2.75, 3.05) is 19.8 Å². The lowest BCUT2D eigenvalue weighted by Crippen LogP contribution is -2.05. The van der Waals surface area contributed by atoms with E-state index in [0.29, 0.717) is 18.8 Å². The summed E-state index contributed by atoms with van der Waals surface area (Å²) < 4.78 is 12.2. The van der Waals surface area contributed by atoms with Gasteiger partial charge in [0.15, 0.2) is 5.65 Å². The first-order chi connectivity index (χ1) is 12.8. The van der Waals surface area contributed by atoms with Gasteiger partial charge in [-0.3, -0.25) is 0 Å². The lowest BCUT2D eigenvalue weighted by molar-refractivity contribution is 0.0526. The third-order valence-corrected chi connectivity index (χ3v) is 4.39. The Bertz CT molecular complexity index is 974. The molecule has 1 aliphatic rings. The Hall–Kier alpha value is -2.99. The van der Waals surface area contributed by atoms with E-state index in [0.717, 1.165) is 35.5 Å². The number of hydrogen-bond acceptors (Lipinski definition) is 5. The second-order valence-electron chi connectivity index (χ2n) is 6.01. The maximum Gasteiger partial charge on any atom is 0.338 e. The molecule has 0 radical (unpaired) electrons. The highest BCUT2D eigenvalue weighted by Gasteiger charge is 2.12. The predicted molar refractivity (Wildman–Crippen MR) is 97.8 cm³/mol. The molecule has 0 amide bonds. The van der Waals surface area contributed by atoms with Crippen molar-refractivity contribution >= 4 is 17.2 Å². The highest BCUT2D eigenvalue weighted by atomic mass is 16.5. The van der Waals surface area contributed by atoms with Crippen molar-refractivity contribution in [3.8, 4) is 11.3 Å². The van der Waals surface area contributed by atoms with Crippen molar-refractivity contribution in [2.24, 2.45) is 0 Å². The van der Waals surface area contributed by atoms with Crippen molar-refractivity contribution < 1.29 is 14.3 Å². The molecule has 26 heavy (non-hydrogen) atoms. The maximum absolute atomic E-state index is 11.8. The largest absolute Gasteiger partial charge is 0.462 e. The van der Waals surface area contributed by atoms with Gasteiger partial charge in [-0.25, -0.2) is 14.3 Å². The normalized spacial score (nSPS) is 14.3. The first-order valence-corrected chi connectivity index (χ1v) is 8.65. The van der Waals surface area contributed by atoms with Gasteiger partial charge in [0, 0.05) is 11.1 Å². The topological polar surface area (TPSA) is 65.7 Å². The molecule has 4 rings (SSSR count). The molecule has 1 aliphatic heterocycles. The number of ether oxygens (including phenoxy) is 2. The van der Waals surface area contributed by atoms with Crippen LogP contribution < -0.4 is 0 Å². The molecule has 0 saturated carbocycles. The van der Waals surface area contributed by atoms with E-state index in [1.807, 2.05) is 28.9 Å². The molecule has 0 aliphatic carbocycles. The molecule has 3 aromatic rings. The number of imidazole rings is 1. The van der Waals surface area contributed by atoms with E-state index < -0.39 is 0 Å². The summed E-state index contributed by atoms with van der Waals surface area (Å²) in [4.78, 5) is 16.3. The molecule has 0 fully saturated rings. The van der Waals surface area contributed by atoms with Crippen LogP contribution in [0.25, 0.3) is 22.5 Å². The summed E-state index contributed by atoms with van der Waals surface area (Å²) in [6.45, 7) is 3.54. The average Bonchev–Trinajstić information content (AvgIpc) is 3.12. The number of nitrogens with zero attached hydrogens (tertiary/aromatic N) is 3. The van der Waals surface area contributed by atoms with Gasteiger partial charge in [0.1, 0.15) is 0 Å². The van der Waals surface area contributed by atoms with Crippen LogP contribution in [0.15, 0.2) is 48.8 Å². The Morgan fingerprint density at radius 1 is 1.23 bits per heavy atom. The summed E-state index contributed by atoms with van der Waals surface area (Å²) in [5.74, 6) is -0.315. The Balaban J connectivity index is 1.65. The molecular weight excluding hydrogens is 330 g/mol. The van der Waals surface area contributed by atoms with E-state index in [1.54, 1.807) is 25.3 Å². The van der Waals surface area contributed by atoms with Crippen LogP contribution in [-0.4, -0.2) is 40.4 Å². The first kappa shape index (κ1) is 16.5. The summed E-state index contributed by atoms with van der Waals surface area (Å²) in [5.41, 5.74) is 5.47. The quantitative estimate of drug-likeness (QED) is 0.676. The summed E-state index contributed by atoms with van der Waals surface area (Å²) in [7, 11) is 0. The minimum Gasteiger partial charge on any atom is -0.462 e. The highest BCUT2D eigenvalue weighted by Crippen LogP contribution is 2.25. The third-order valence-electron chi connectivity index (χ3n) is 4.39. The molecule has 3 heterocycles. The van der Waals surface area contributed by atoms with Gasteiger partial charge in [0.2, 0.25) is 0 Å². The lowest BCUT2D eigenvalue weighted by atomic mass is 10.0. The van der Waals surface area contributed by atoms with Crippen LogP contribution >= 0.6 is 0 Å². The molecule has 6 nitrogen and oxygen atoms in total. The number of fused-ring (bicyclic) bond motifs is 1. The zero-order valence-corrected chi connectivity index (χ0v) is 14.5. The van der Waals surface area contributed by atoms with Crippen molar-refractivity contribution in [3.05, 3.63) is 59.9 Å². The Labute approximate surface area is 151 Å². The molecule has 0 unspecified atom stereocenters. The number of hydrogen-bond donors (Lipinski definition) is 0. The molecule has 0 spiro atoms. The minimum atomic E-state index is -0.315. The van der Waals surface area contributed by atoms with E-state index >= 15 is 0 Å². The fraction of sp³-hybridized carbons (Fsp3) is 0.250. The number of benzene rings is 1. The van der Waals surface area contributed by atoms with Crippen LogP contribution in [0.4, 0.5) is 0 Å². The van der Waals surface area contributed by atoms with Gasteiger partial charge >= 0.3 is 5.97 Å². The second-order valence-corrected chi connectivity index (χ2v) is 6.01. The monoisotopic (exact) mass is 349 g/mol. The van der Waals surface area contributed by atoms with E-state index in [-0.39, 0.29) is 5.97 Å². The molecule has 0 saturated heterocycles. The average molecular weight is 349 g/mol. The molecule has 0 atom stereocenters. The van der Waals surface area contributed by atoms with E-state index in [1.165, 1.54) is 5.57 Å². The van der Waals surface area contributed by atoms with Crippen LogP contribution in [0.3, 0.4) is 0 Å². The standard InChI is InChI=1S/C20H19N3O3/c1-2-26-20(24)16-5-3-15(4-6-16)18-13-21-19-11-17(12-22-23(18)19)14-7-9-25-10-8-14/h3-7,11-13H,2,8-10H2,1H3. The Morgan fingerprint density at radius 3 is 2.81 bits per heavy atom. The van der Waals surface area contributed by atoms with Gasteiger partial charge in [0.25, 0.3) is 0 Å². The van der Waals surface area contributed by atoms with Gasteiger partial charge in [-0.15, -0.1) is 0 Å². The van der Waals surface area contributed by atoms with Gasteiger partial charge in [-0.1, -0.05) is 18.2 Å². The fourth-order valence-electron chi connectivity index (χ4n) is 3.03. The molecule has 0 bridgehead atoms. The molecule has 6 heteroatoms. The van der Waals surface area contributed by atoms with Crippen LogP contribution in [0.1, 0.15) is 29.3 Å². The minimum absolute atomic E-state index is 0.315. The number of rotatable bonds is 4. The van der Waals surface area contributed by atoms with Gasteiger partial charge < -0.3 is 9.47 Å². The van der Waals surface area contributed by atoms with Gasteiger partial charge in [0.05, 0.1) is 43.5 Å². The number of carbonyl (C=O) groups is 1. The molecule has 132 valence electrons. The summed E-state index contributed by atoms with van der Waals surface area (Å²) in [6.07, 6.45) is 6.64. The van der Waals surface area contributed by atoms with Crippen molar-refractivity contribution in [1.29, 1.82) is 0 Å². The summed E-state index contributed by atoms with van der Waals surface area (Å²) >= 11 is 0. The lowest BCUT2D eigenvalue weighted by Gasteiger charge is -2.13. The maximum atomic E-state index is 11.8. The van der Waals surface area contributed by atoms with Crippen LogP contribution in [0.5, 0.6) is 0 Å². The zero-order chi connectivity index (χ0) is 17.9. The number of aromatic nitrogens is 3. The van der Waals surface area contributed by atoms with Crippen molar-refractivity contribution in [3.63, 3.8) is 0 Å². The zero-order valence-electron chi connectivity index (χ0n) is 14.5. The molecule has 2 aromatic heterocycles. The smallest absolute Gasteiger partial charge is 0.338 e. The first-order valence-electron chi connectivity index (χ1n) is 8.65. The molecule has 0 N–H and O–H groups in total. The number of carbonyl (C=O) groups excluding carboxylic acids is 1. The molecular formula is C20H19N3O3. The van der Waals surface area contributed by atoms with E-state index in [2.05, 4.69) is 16.2 Å². The highest BCUT2D eigenvalue weighted by molar-refractivity contribution is 5.90. The van der Waals surface area contributed by atoms with Crippen molar-refractivity contribution in [2.45, 2.75) is 13.3 Å². The van der Waals surface area contributed by atoms with Crippen LogP contribution in [-0.2, 0) is 9.47 Å². The van der Waals surface area contributed by atoms with Crippen molar-refractivity contribution in [1.82, 2.24) is 14.6 Å². The van der Waals surface area contributed by atoms with E-state index in [4.69, 9.17) is 9.47 Å². The number of esters is 1. The van der Waals surface area contributed by atoms with Gasteiger partial charge in [-0.05, 0) is 37.1 Å². The van der Waals surface area contributed by atoms with E-state index in [9.17, 15) is 4.79 Å². The SMILES string of the molecule is CCOC(=O)c1ccc(-c2cnc3cc(C4=CCOCC4)cnn23)cc1. The van der Waals surface area contributed by atoms with Gasteiger partial charge in [-0.2, -0.15) is 5.10 Å². The predicted octanol–water partition coefficient (Wildman–Crippen LogP) is 3.38.